The second-order valence-electron chi connectivity index (χ2n) is 7.10. The Morgan fingerprint density at radius 3 is 2.66 bits per heavy atom. The Morgan fingerprint density at radius 2 is 1.97 bits per heavy atom. The molecule has 1 N–H and O–H groups in total. The summed E-state index contributed by atoms with van der Waals surface area (Å²) in [6.07, 6.45) is -3.74. The van der Waals surface area contributed by atoms with Crippen LogP contribution in [0.5, 0.6) is 0 Å². The first-order chi connectivity index (χ1) is 13.7. The molecular formula is C19H22F3N3O4. The fourth-order valence-electron chi connectivity index (χ4n) is 3.83. The molecule has 1 aromatic rings. The first-order valence-electron chi connectivity index (χ1n) is 9.32. The average Bonchev–Trinajstić information content (AvgIpc) is 2.83. The van der Waals surface area contributed by atoms with Gasteiger partial charge in [0.25, 0.3) is 0 Å². The van der Waals surface area contributed by atoms with Crippen LogP contribution < -0.4 is 10.2 Å². The number of amides is 2. The Morgan fingerprint density at radius 1 is 1.24 bits per heavy atom. The van der Waals surface area contributed by atoms with Crippen LogP contribution in [0.15, 0.2) is 24.3 Å². The third kappa shape index (κ3) is 4.52. The van der Waals surface area contributed by atoms with E-state index in [-0.39, 0.29) is 17.9 Å². The summed E-state index contributed by atoms with van der Waals surface area (Å²) >= 11 is 0. The summed E-state index contributed by atoms with van der Waals surface area (Å²) in [6, 6.07) is 2.91. The van der Waals surface area contributed by atoms with Crippen LogP contribution in [0.3, 0.4) is 0 Å². The van der Waals surface area contributed by atoms with Gasteiger partial charge in [0, 0.05) is 0 Å². The SMILES string of the molecule is COC(=O)[C@@H]1CCCCN1CC(=O)N1c2ccccc2NC(=O)C[C@@H]1C(F)(F)F. The Balaban J connectivity index is 1.95. The average molecular weight is 413 g/mol. The van der Waals surface area contributed by atoms with Crippen molar-refractivity contribution in [1.82, 2.24) is 4.90 Å². The summed E-state index contributed by atoms with van der Waals surface area (Å²) in [7, 11) is 1.24. The maximum absolute atomic E-state index is 13.8. The number of likely N-dealkylation sites (tertiary alicyclic amines) is 1. The number of hydrogen-bond acceptors (Lipinski definition) is 5. The molecule has 0 aliphatic carbocycles. The number of alkyl halides is 3. The number of halogens is 3. The van der Waals surface area contributed by atoms with Crippen molar-refractivity contribution in [3.8, 4) is 0 Å². The smallest absolute Gasteiger partial charge is 0.409 e. The number of piperidine rings is 1. The minimum absolute atomic E-state index is 0.0164. The zero-order valence-electron chi connectivity index (χ0n) is 15.9. The van der Waals surface area contributed by atoms with E-state index in [2.05, 4.69) is 5.32 Å². The zero-order chi connectivity index (χ0) is 21.2. The Hall–Kier alpha value is -2.62. The number of methoxy groups -OCH3 is 1. The summed E-state index contributed by atoms with van der Waals surface area (Å²) in [5.74, 6) is -2.16. The minimum atomic E-state index is -4.80. The number of para-hydroxylation sites is 2. The van der Waals surface area contributed by atoms with Crippen molar-refractivity contribution in [3.63, 3.8) is 0 Å². The summed E-state index contributed by atoms with van der Waals surface area (Å²) in [6.45, 7) is 0.0176. The lowest BCUT2D eigenvalue weighted by molar-refractivity contribution is -0.158. The molecule has 1 saturated heterocycles. The maximum Gasteiger partial charge on any atom is 0.409 e. The van der Waals surface area contributed by atoms with Crippen molar-refractivity contribution in [3.05, 3.63) is 24.3 Å². The van der Waals surface area contributed by atoms with Gasteiger partial charge in [-0.2, -0.15) is 13.2 Å². The summed E-state index contributed by atoms with van der Waals surface area (Å²) in [4.78, 5) is 39.3. The van der Waals surface area contributed by atoms with E-state index in [4.69, 9.17) is 4.74 Å². The van der Waals surface area contributed by atoms with Crippen LogP contribution in [0.4, 0.5) is 24.5 Å². The van der Waals surface area contributed by atoms with E-state index in [9.17, 15) is 27.6 Å². The molecule has 1 aromatic carbocycles. The number of carbonyl (C=O) groups excluding carboxylic acids is 3. The molecule has 0 unspecified atom stereocenters. The molecule has 2 aliphatic rings. The first kappa shape index (κ1) is 21.1. The predicted molar refractivity (Wildman–Crippen MR) is 98.2 cm³/mol. The molecule has 2 heterocycles. The molecule has 1 fully saturated rings. The number of esters is 1. The van der Waals surface area contributed by atoms with E-state index in [1.807, 2.05) is 0 Å². The largest absolute Gasteiger partial charge is 0.468 e. The Labute approximate surface area is 165 Å². The lowest BCUT2D eigenvalue weighted by atomic mass is 10.0. The molecular weight excluding hydrogens is 391 g/mol. The number of carbonyl (C=O) groups is 3. The van der Waals surface area contributed by atoms with Crippen molar-refractivity contribution in [2.45, 2.75) is 43.9 Å². The zero-order valence-corrected chi connectivity index (χ0v) is 15.9. The van der Waals surface area contributed by atoms with E-state index in [1.165, 1.54) is 25.3 Å². The van der Waals surface area contributed by atoms with Gasteiger partial charge >= 0.3 is 12.1 Å². The lowest BCUT2D eigenvalue weighted by Gasteiger charge is -2.37. The Bertz CT molecular complexity index is 799. The molecule has 10 heteroatoms. The number of anilines is 2. The maximum atomic E-state index is 13.8. The van der Waals surface area contributed by atoms with Gasteiger partial charge in [-0.25, -0.2) is 0 Å². The topological polar surface area (TPSA) is 79.0 Å². The van der Waals surface area contributed by atoms with Gasteiger partial charge in [0.2, 0.25) is 11.8 Å². The quantitative estimate of drug-likeness (QED) is 0.770. The molecule has 0 aromatic heterocycles. The molecule has 0 saturated carbocycles. The van der Waals surface area contributed by atoms with Crippen molar-refractivity contribution in [2.75, 3.05) is 30.4 Å². The molecule has 0 bridgehead atoms. The van der Waals surface area contributed by atoms with Crippen LogP contribution in [0.25, 0.3) is 0 Å². The van der Waals surface area contributed by atoms with Gasteiger partial charge in [0.1, 0.15) is 12.1 Å². The second-order valence-corrected chi connectivity index (χ2v) is 7.10. The van der Waals surface area contributed by atoms with Crippen LogP contribution >= 0.6 is 0 Å². The molecule has 2 aliphatic heterocycles. The van der Waals surface area contributed by atoms with E-state index >= 15 is 0 Å². The highest BCUT2D eigenvalue weighted by Crippen LogP contribution is 2.38. The standard InChI is InChI=1S/C19H22F3N3O4/c1-29-18(28)14-8-4-5-9-24(14)11-17(27)25-13-7-3-2-6-12(13)23-16(26)10-15(25)19(20,21)22/h2-3,6-7,14-15H,4-5,8-11H2,1H3,(H,23,26)/t14-,15+/m0/s1. The number of benzene rings is 1. The second kappa shape index (κ2) is 8.40. The number of hydrogen-bond donors (Lipinski definition) is 1. The van der Waals surface area contributed by atoms with Gasteiger partial charge in [-0.05, 0) is 31.5 Å². The van der Waals surface area contributed by atoms with Crippen LogP contribution in [0.2, 0.25) is 0 Å². The number of nitrogens with one attached hydrogen (secondary N) is 1. The number of nitrogens with zero attached hydrogens (tertiary/aromatic N) is 2. The van der Waals surface area contributed by atoms with Gasteiger partial charge in [0.15, 0.2) is 0 Å². The van der Waals surface area contributed by atoms with Crippen molar-refractivity contribution >= 4 is 29.2 Å². The highest BCUT2D eigenvalue weighted by molar-refractivity contribution is 6.05. The van der Waals surface area contributed by atoms with Gasteiger partial charge in [-0.3, -0.25) is 24.2 Å². The molecule has 2 atom stereocenters. The van der Waals surface area contributed by atoms with Crippen molar-refractivity contribution in [1.29, 1.82) is 0 Å². The third-order valence-corrected chi connectivity index (χ3v) is 5.20. The summed E-state index contributed by atoms with van der Waals surface area (Å²) in [5, 5.41) is 2.43. The molecule has 158 valence electrons. The summed E-state index contributed by atoms with van der Waals surface area (Å²) < 4.78 is 46.1. The lowest BCUT2D eigenvalue weighted by Crippen LogP contribution is -2.55. The van der Waals surface area contributed by atoms with E-state index in [1.54, 1.807) is 11.0 Å². The van der Waals surface area contributed by atoms with Crippen LogP contribution in [0, 0.1) is 0 Å². The number of fused-ring (bicyclic) bond motifs is 1. The molecule has 0 radical (unpaired) electrons. The predicted octanol–water partition coefficient (Wildman–Crippen LogP) is 2.32. The van der Waals surface area contributed by atoms with Gasteiger partial charge in [-0.15, -0.1) is 0 Å². The normalized spacial score (nSPS) is 23.0. The van der Waals surface area contributed by atoms with Crippen molar-refractivity contribution < 1.29 is 32.3 Å². The molecule has 29 heavy (non-hydrogen) atoms. The molecule has 2 amide bonds. The van der Waals surface area contributed by atoms with Crippen molar-refractivity contribution in [2.24, 2.45) is 0 Å². The summed E-state index contributed by atoms with van der Waals surface area (Å²) in [5.41, 5.74) is 0.123. The number of rotatable bonds is 3. The highest BCUT2D eigenvalue weighted by Gasteiger charge is 2.49. The van der Waals surface area contributed by atoms with Gasteiger partial charge in [0.05, 0.1) is 31.5 Å². The molecule has 0 spiro atoms. The van der Waals surface area contributed by atoms with E-state index in [0.717, 1.165) is 12.8 Å². The van der Waals surface area contributed by atoms with Gasteiger partial charge in [-0.1, -0.05) is 18.6 Å². The van der Waals surface area contributed by atoms with Gasteiger partial charge < -0.3 is 10.1 Å². The Kier molecular flexibility index (Phi) is 6.11. The first-order valence-corrected chi connectivity index (χ1v) is 9.32. The molecule has 7 nitrogen and oxygen atoms in total. The van der Waals surface area contributed by atoms with Crippen LogP contribution in [0.1, 0.15) is 25.7 Å². The highest BCUT2D eigenvalue weighted by atomic mass is 19.4. The number of ether oxygens (including phenoxy) is 1. The van der Waals surface area contributed by atoms with Crippen LogP contribution in [-0.2, 0) is 19.1 Å². The third-order valence-electron chi connectivity index (χ3n) is 5.20. The fourth-order valence-corrected chi connectivity index (χ4v) is 3.83. The fraction of sp³-hybridized carbons (Fsp3) is 0.526. The van der Waals surface area contributed by atoms with Crippen LogP contribution in [-0.4, -0.2) is 61.1 Å². The minimum Gasteiger partial charge on any atom is -0.468 e. The monoisotopic (exact) mass is 413 g/mol. The van der Waals surface area contributed by atoms with E-state index in [0.29, 0.717) is 17.9 Å². The van der Waals surface area contributed by atoms with E-state index < -0.39 is 42.5 Å². The molecule has 3 rings (SSSR count).